The molecule has 78 valence electrons. The second-order valence-electron chi connectivity index (χ2n) is 3.95. The van der Waals surface area contributed by atoms with Crippen LogP contribution in [-0.2, 0) is 0 Å². The molecule has 0 bridgehead atoms. The highest BCUT2D eigenvalue weighted by atomic mass is 15.0. The minimum atomic E-state index is 0.374. The van der Waals surface area contributed by atoms with E-state index in [0.29, 0.717) is 6.04 Å². The summed E-state index contributed by atoms with van der Waals surface area (Å²) in [6, 6.07) is 8.29. The molecule has 3 nitrogen and oxygen atoms in total. The minimum Gasteiger partial charge on any atom is -0.366 e. The first kappa shape index (κ1) is 9.90. The molecule has 3 heteroatoms. The van der Waals surface area contributed by atoms with E-state index in [1.807, 2.05) is 31.2 Å². The second-order valence-corrected chi connectivity index (χ2v) is 3.95. The summed E-state index contributed by atoms with van der Waals surface area (Å²) in [7, 11) is 0. The number of para-hydroxylation sites is 2. The van der Waals surface area contributed by atoms with E-state index >= 15 is 0 Å². The molecule has 15 heavy (non-hydrogen) atoms. The molecule has 1 N–H and O–H groups in total. The first-order chi connectivity index (χ1) is 7.16. The van der Waals surface area contributed by atoms with Crippen molar-refractivity contribution in [1.29, 1.82) is 0 Å². The number of aryl methyl sites for hydroxylation is 1. The van der Waals surface area contributed by atoms with E-state index in [0.717, 1.165) is 22.5 Å². The Morgan fingerprint density at radius 3 is 2.27 bits per heavy atom. The van der Waals surface area contributed by atoms with Gasteiger partial charge in [-0.15, -0.1) is 0 Å². The minimum absolute atomic E-state index is 0.374. The maximum absolute atomic E-state index is 4.54. The van der Waals surface area contributed by atoms with Gasteiger partial charge in [0.15, 0.2) is 0 Å². The van der Waals surface area contributed by atoms with Crippen molar-refractivity contribution in [1.82, 2.24) is 9.97 Å². The van der Waals surface area contributed by atoms with E-state index in [1.54, 1.807) is 0 Å². The number of hydrogen-bond acceptors (Lipinski definition) is 3. The van der Waals surface area contributed by atoms with Gasteiger partial charge in [-0.3, -0.25) is 0 Å². The van der Waals surface area contributed by atoms with Crippen LogP contribution in [0.3, 0.4) is 0 Å². The summed E-state index contributed by atoms with van der Waals surface area (Å²) >= 11 is 0. The Morgan fingerprint density at radius 2 is 1.67 bits per heavy atom. The van der Waals surface area contributed by atoms with Crippen LogP contribution >= 0.6 is 0 Å². The zero-order valence-electron chi connectivity index (χ0n) is 9.28. The van der Waals surface area contributed by atoms with Gasteiger partial charge in [0, 0.05) is 6.04 Å². The molecule has 1 aromatic carbocycles. The van der Waals surface area contributed by atoms with Crippen LogP contribution in [0.1, 0.15) is 19.5 Å². The summed E-state index contributed by atoms with van der Waals surface area (Å²) in [4.78, 5) is 9.04. The summed E-state index contributed by atoms with van der Waals surface area (Å²) in [5.74, 6) is 0.878. The Balaban J connectivity index is 2.52. The van der Waals surface area contributed by atoms with Gasteiger partial charge in [0.25, 0.3) is 0 Å². The summed E-state index contributed by atoms with van der Waals surface area (Å²) < 4.78 is 0. The Kier molecular flexibility index (Phi) is 2.54. The van der Waals surface area contributed by atoms with Crippen LogP contribution in [0.4, 0.5) is 5.82 Å². The third-order valence-electron chi connectivity index (χ3n) is 2.17. The molecule has 0 aliphatic rings. The number of hydrogen-bond donors (Lipinski definition) is 1. The number of nitrogens with zero attached hydrogens (tertiary/aromatic N) is 2. The SMILES string of the molecule is Cc1nc2ccccc2nc1NC(C)C. The number of benzene rings is 1. The quantitative estimate of drug-likeness (QED) is 0.811. The van der Waals surface area contributed by atoms with E-state index in [9.17, 15) is 0 Å². The summed E-state index contributed by atoms with van der Waals surface area (Å²) in [6.45, 7) is 6.16. The van der Waals surface area contributed by atoms with Crippen LogP contribution in [-0.4, -0.2) is 16.0 Å². The average Bonchev–Trinajstić information content (AvgIpc) is 2.18. The molecular weight excluding hydrogens is 186 g/mol. The van der Waals surface area contributed by atoms with Crippen molar-refractivity contribution in [3.8, 4) is 0 Å². The smallest absolute Gasteiger partial charge is 0.148 e. The van der Waals surface area contributed by atoms with Crippen molar-refractivity contribution < 1.29 is 0 Å². The zero-order valence-corrected chi connectivity index (χ0v) is 9.28. The van der Waals surface area contributed by atoms with Gasteiger partial charge in [0.1, 0.15) is 5.82 Å². The van der Waals surface area contributed by atoms with Crippen molar-refractivity contribution in [3.63, 3.8) is 0 Å². The molecule has 2 aromatic rings. The highest BCUT2D eigenvalue weighted by Crippen LogP contribution is 2.16. The van der Waals surface area contributed by atoms with Crippen molar-refractivity contribution in [2.45, 2.75) is 26.8 Å². The van der Waals surface area contributed by atoms with Crippen molar-refractivity contribution in [3.05, 3.63) is 30.0 Å². The van der Waals surface area contributed by atoms with Gasteiger partial charge in [-0.2, -0.15) is 0 Å². The molecule has 0 saturated carbocycles. The molecule has 0 fully saturated rings. The van der Waals surface area contributed by atoms with Gasteiger partial charge in [0.05, 0.1) is 16.7 Å². The maximum atomic E-state index is 4.54. The van der Waals surface area contributed by atoms with Crippen LogP contribution in [0, 0.1) is 6.92 Å². The molecule has 0 radical (unpaired) electrons. The number of aromatic nitrogens is 2. The topological polar surface area (TPSA) is 37.8 Å². The molecule has 2 rings (SSSR count). The van der Waals surface area contributed by atoms with Gasteiger partial charge < -0.3 is 5.32 Å². The fourth-order valence-corrected chi connectivity index (χ4v) is 1.50. The fourth-order valence-electron chi connectivity index (χ4n) is 1.50. The molecule has 0 saturated heterocycles. The van der Waals surface area contributed by atoms with Crippen LogP contribution in [0.2, 0.25) is 0 Å². The first-order valence-electron chi connectivity index (χ1n) is 5.17. The lowest BCUT2D eigenvalue weighted by atomic mass is 10.3. The highest BCUT2D eigenvalue weighted by Gasteiger charge is 2.04. The second kappa shape index (κ2) is 3.85. The monoisotopic (exact) mass is 201 g/mol. The lowest BCUT2D eigenvalue weighted by Gasteiger charge is -2.11. The normalized spacial score (nSPS) is 10.9. The summed E-state index contributed by atoms with van der Waals surface area (Å²) in [5, 5.41) is 3.29. The molecule has 1 heterocycles. The molecule has 1 aromatic heterocycles. The Hall–Kier alpha value is -1.64. The molecule has 0 atom stereocenters. The summed E-state index contributed by atoms with van der Waals surface area (Å²) in [6.07, 6.45) is 0. The fraction of sp³-hybridized carbons (Fsp3) is 0.333. The van der Waals surface area contributed by atoms with Crippen molar-refractivity contribution in [2.24, 2.45) is 0 Å². The molecular formula is C12H15N3. The first-order valence-corrected chi connectivity index (χ1v) is 5.17. The van der Waals surface area contributed by atoms with Gasteiger partial charge >= 0.3 is 0 Å². The number of nitrogens with one attached hydrogen (secondary N) is 1. The van der Waals surface area contributed by atoms with E-state index in [-0.39, 0.29) is 0 Å². The lowest BCUT2D eigenvalue weighted by molar-refractivity contribution is 0.884. The number of rotatable bonds is 2. The van der Waals surface area contributed by atoms with Crippen molar-refractivity contribution in [2.75, 3.05) is 5.32 Å². The standard InChI is InChI=1S/C12H15N3/c1-8(2)13-12-9(3)14-10-6-4-5-7-11(10)15-12/h4-8H,1-3H3,(H,13,15). The lowest BCUT2D eigenvalue weighted by Crippen LogP contribution is -2.13. The summed E-state index contributed by atoms with van der Waals surface area (Å²) in [5.41, 5.74) is 2.83. The molecule has 0 unspecified atom stereocenters. The molecule has 0 spiro atoms. The Labute approximate surface area is 89.6 Å². The van der Waals surface area contributed by atoms with Crippen LogP contribution < -0.4 is 5.32 Å². The third-order valence-corrected chi connectivity index (χ3v) is 2.17. The largest absolute Gasteiger partial charge is 0.366 e. The van der Waals surface area contributed by atoms with Gasteiger partial charge in [-0.05, 0) is 32.9 Å². The number of fused-ring (bicyclic) bond motifs is 1. The van der Waals surface area contributed by atoms with E-state index in [1.165, 1.54) is 0 Å². The van der Waals surface area contributed by atoms with Crippen LogP contribution in [0.15, 0.2) is 24.3 Å². The molecule has 0 aliphatic carbocycles. The van der Waals surface area contributed by atoms with E-state index < -0.39 is 0 Å². The van der Waals surface area contributed by atoms with Crippen LogP contribution in [0.5, 0.6) is 0 Å². The number of anilines is 1. The molecule has 0 amide bonds. The van der Waals surface area contributed by atoms with Gasteiger partial charge in [-0.25, -0.2) is 9.97 Å². The Morgan fingerprint density at radius 1 is 1.07 bits per heavy atom. The van der Waals surface area contributed by atoms with E-state index in [4.69, 9.17) is 0 Å². The predicted octanol–water partition coefficient (Wildman–Crippen LogP) is 2.76. The average molecular weight is 201 g/mol. The maximum Gasteiger partial charge on any atom is 0.148 e. The van der Waals surface area contributed by atoms with Crippen LogP contribution in [0.25, 0.3) is 11.0 Å². The zero-order chi connectivity index (χ0) is 10.8. The van der Waals surface area contributed by atoms with Crippen molar-refractivity contribution >= 4 is 16.9 Å². The van der Waals surface area contributed by atoms with Gasteiger partial charge in [-0.1, -0.05) is 12.1 Å². The van der Waals surface area contributed by atoms with Gasteiger partial charge in [0.2, 0.25) is 0 Å². The third kappa shape index (κ3) is 2.06. The highest BCUT2D eigenvalue weighted by molar-refractivity contribution is 5.76. The van der Waals surface area contributed by atoms with E-state index in [2.05, 4.69) is 29.1 Å². The predicted molar refractivity (Wildman–Crippen MR) is 63.0 cm³/mol. The molecule has 0 aliphatic heterocycles. The Bertz CT molecular complexity index is 477.